The van der Waals surface area contributed by atoms with Gasteiger partial charge in [-0.2, -0.15) is 0 Å². The summed E-state index contributed by atoms with van der Waals surface area (Å²) in [6.07, 6.45) is 1.65. The van der Waals surface area contributed by atoms with Crippen molar-refractivity contribution in [2.75, 3.05) is 32.7 Å². The van der Waals surface area contributed by atoms with Gasteiger partial charge in [-0.25, -0.2) is 0 Å². The Morgan fingerprint density at radius 1 is 1.09 bits per heavy atom. The fourth-order valence-electron chi connectivity index (χ4n) is 3.03. The Morgan fingerprint density at radius 3 is 2.57 bits per heavy atom. The summed E-state index contributed by atoms with van der Waals surface area (Å²) in [5, 5.41) is 2.14. The Bertz CT molecular complexity index is 631. The van der Waals surface area contributed by atoms with Crippen molar-refractivity contribution in [2.45, 2.75) is 19.8 Å². The fraction of sp³-hybridized carbons (Fsp3) is 0.421. The average molecular weight is 328 g/mol. The van der Waals surface area contributed by atoms with E-state index in [-0.39, 0.29) is 5.91 Å². The highest BCUT2D eigenvalue weighted by Gasteiger charge is 2.21. The highest BCUT2D eigenvalue weighted by molar-refractivity contribution is 7.09. The summed E-state index contributed by atoms with van der Waals surface area (Å²) >= 11 is 1.83. The van der Waals surface area contributed by atoms with Gasteiger partial charge < -0.3 is 4.90 Å². The minimum absolute atomic E-state index is 0.261. The van der Waals surface area contributed by atoms with Crippen LogP contribution in [0.5, 0.6) is 0 Å². The van der Waals surface area contributed by atoms with Gasteiger partial charge in [0, 0.05) is 37.6 Å². The number of hydrogen-bond acceptors (Lipinski definition) is 3. The summed E-state index contributed by atoms with van der Waals surface area (Å²) in [5.74, 6) is 0.261. The van der Waals surface area contributed by atoms with Crippen molar-refractivity contribution >= 4 is 17.2 Å². The molecule has 4 heteroatoms. The lowest BCUT2D eigenvalue weighted by Gasteiger charge is -2.34. The third-order valence-electron chi connectivity index (χ3n) is 4.58. The Morgan fingerprint density at radius 2 is 1.87 bits per heavy atom. The van der Waals surface area contributed by atoms with E-state index in [0.29, 0.717) is 6.42 Å². The van der Waals surface area contributed by atoms with E-state index in [2.05, 4.69) is 41.5 Å². The molecule has 0 atom stereocenters. The van der Waals surface area contributed by atoms with Crippen LogP contribution in [0.25, 0.3) is 0 Å². The molecule has 0 spiro atoms. The maximum absolute atomic E-state index is 12.5. The van der Waals surface area contributed by atoms with Crippen molar-refractivity contribution in [3.8, 4) is 0 Å². The molecule has 0 radical (unpaired) electrons. The zero-order chi connectivity index (χ0) is 16.1. The zero-order valence-electron chi connectivity index (χ0n) is 13.7. The first-order chi connectivity index (χ1) is 11.2. The van der Waals surface area contributed by atoms with E-state index >= 15 is 0 Å². The minimum atomic E-state index is 0.261. The van der Waals surface area contributed by atoms with E-state index in [0.717, 1.165) is 44.7 Å². The monoisotopic (exact) mass is 328 g/mol. The lowest BCUT2D eigenvalue weighted by atomic mass is 10.1. The van der Waals surface area contributed by atoms with Gasteiger partial charge in [-0.3, -0.25) is 9.69 Å². The van der Waals surface area contributed by atoms with Gasteiger partial charge in [-0.05, 0) is 35.9 Å². The summed E-state index contributed by atoms with van der Waals surface area (Å²) in [7, 11) is 0. The normalized spacial score (nSPS) is 15.8. The van der Waals surface area contributed by atoms with Crippen LogP contribution in [0, 0.1) is 6.92 Å². The number of aryl methyl sites for hydroxylation is 1. The predicted molar refractivity (Wildman–Crippen MR) is 95.9 cm³/mol. The highest BCUT2D eigenvalue weighted by atomic mass is 32.1. The number of carbonyl (C=O) groups is 1. The number of hydrogen-bond donors (Lipinski definition) is 0. The number of thiophene rings is 1. The predicted octanol–water partition coefficient (Wildman–Crippen LogP) is 2.99. The lowest BCUT2D eigenvalue weighted by Crippen LogP contribution is -2.49. The van der Waals surface area contributed by atoms with Crippen molar-refractivity contribution in [1.29, 1.82) is 0 Å². The van der Waals surface area contributed by atoms with Gasteiger partial charge in [0.1, 0.15) is 0 Å². The standard InChI is InChI=1S/C19H24N2OS/c1-16-5-2-3-6-17(16)15-19(22)21-12-10-20(11-13-21)9-8-18-7-4-14-23-18/h2-7,14H,8-13,15H2,1H3. The van der Waals surface area contributed by atoms with Crippen molar-refractivity contribution in [3.63, 3.8) is 0 Å². The molecular formula is C19H24N2OS. The van der Waals surface area contributed by atoms with Gasteiger partial charge in [0.05, 0.1) is 6.42 Å². The molecule has 2 aromatic rings. The Kier molecular flexibility index (Phi) is 5.47. The molecule has 1 aliphatic rings. The van der Waals surface area contributed by atoms with Gasteiger partial charge in [0.25, 0.3) is 0 Å². The maximum atomic E-state index is 12.5. The topological polar surface area (TPSA) is 23.6 Å². The largest absolute Gasteiger partial charge is 0.340 e. The third-order valence-corrected chi connectivity index (χ3v) is 5.52. The first kappa shape index (κ1) is 16.2. The second-order valence-corrected chi connectivity index (χ2v) is 7.19. The lowest BCUT2D eigenvalue weighted by molar-refractivity contribution is -0.132. The molecule has 23 heavy (non-hydrogen) atoms. The molecule has 2 heterocycles. The molecule has 1 amide bonds. The van der Waals surface area contributed by atoms with E-state index in [1.165, 1.54) is 10.4 Å². The van der Waals surface area contributed by atoms with Gasteiger partial charge in [-0.15, -0.1) is 11.3 Å². The second-order valence-electron chi connectivity index (χ2n) is 6.16. The van der Waals surface area contributed by atoms with Crippen LogP contribution in [0.4, 0.5) is 0 Å². The number of carbonyl (C=O) groups excluding carboxylic acids is 1. The van der Waals surface area contributed by atoms with Crippen molar-refractivity contribution in [3.05, 3.63) is 57.8 Å². The molecule has 1 fully saturated rings. The van der Waals surface area contributed by atoms with Crippen LogP contribution in [0.15, 0.2) is 41.8 Å². The average Bonchev–Trinajstić information content (AvgIpc) is 3.09. The van der Waals surface area contributed by atoms with Crippen LogP contribution in [0.2, 0.25) is 0 Å². The maximum Gasteiger partial charge on any atom is 0.227 e. The third kappa shape index (κ3) is 4.43. The van der Waals surface area contributed by atoms with Crippen LogP contribution in [0.3, 0.4) is 0 Å². The zero-order valence-corrected chi connectivity index (χ0v) is 14.5. The van der Waals surface area contributed by atoms with E-state index in [9.17, 15) is 4.79 Å². The Hall–Kier alpha value is -1.65. The summed E-state index contributed by atoms with van der Waals surface area (Å²) in [6, 6.07) is 12.5. The van der Waals surface area contributed by atoms with E-state index < -0.39 is 0 Å². The molecule has 122 valence electrons. The van der Waals surface area contributed by atoms with E-state index in [1.54, 1.807) is 0 Å². The van der Waals surface area contributed by atoms with Crippen molar-refractivity contribution in [1.82, 2.24) is 9.80 Å². The molecule has 0 bridgehead atoms. The molecule has 0 aliphatic carbocycles. The van der Waals surface area contributed by atoms with Gasteiger partial charge >= 0.3 is 0 Å². The molecule has 1 saturated heterocycles. The molecule has 0 N–H and O–H groups in total. The smallest absolute Gasteiger partial charge is 0.227 e. The Labute approximate surface area is 142 Å². The number of piperazine rings is 1. The Balaban J connectivity index is 1.45. The number of rotatable bonds is 5. The first-order valence-electron chi connectivity index (χ1n) is 8.29. The van der Waals surface area contributed by atoms with Crippen LogP contribution in [-0.4, -0.2) is 48.4 Å². The fourth-order valence-corrected chi connectivity index (χ4v) is 3.73. The SMILES string of the molecule is Cc1ccccc1CC(=O)N1CCN(CCc2cccs2)CC1. The van der Waals surface area contributed by atoms with Crippen LogP contribution >= 0.6 is 11.3 Å². The second kappa shape index (κ2) is 7.75. The summed E-state index contributed by atoms with van der Waals surface area (Å²) in [6.45, 7) is 6.87. The first-order valence-corrected chi connectivity index (χ1v) is 9.17. The molecule has 1 aliphatic heterocycles. The van der Waals surface area contributed by atoms with Gasteiger partial charge in [0.15, 0.2) is 0 Å². The molecular weight excluding hydrogens is 304 g/mol. The summed E-state index contributed by atoms with van der Waals surface area (Å²) in [4.78, 5) is 18.4. The van der Waals surface area contributed by atoms with E-state index in [1.807, 2.05) is 28.4 Å². The number of amides is 1. The van der Waals surface area contributed by atoms with Gasteiger partial charge in [0.2, 0.25) is 5.91 Å². The highest BCUT2D eigenvalue weighted by Crippen LogP contribution is 2.13. The van der Waals surface area contributed by atoms with Crippen molar-refractivity contribution < 1.29 is 4.79 Å². The van der Waals surface area contributed by atoms with E-state index in [4.69, 9.17) is 0 Å². The molecule has 0 unspecified atom stereocenters. The minimum Gasteiger partial charge on any atom is -0.340 e. The van der Waals surface area contributed by atoms with Crippen LogP contribution in [0.1, 0.15) is 16.0 Å². The molecule has 3 rings (SSSR count). The molecule has 1 aromatic heterocycles. The summed E-state index contributed by atoms with van der Waals surface area (Å²) in [5.41, 5.74) is 2.35. The van der Waals surface area contributed by atoms with Crippen LogP contribution < -0.4 is 0 Å². The number of benzene rings is 1. The quantitative estimate of drug-likeness (QED) is 0.842. The summed E-state index contributed by atoms with van der Waals surface area (Å²) < 4.78 is 0. The molecule has 1 aromatic carbocycles. The van der Waals surface area contributed by atoms with Crippen molar-refractivity contribution in [2.24, 2.45) is 0 Å². The molecule has 0 saturated carbocycles. The van der Waals surface area contributed by atoms with Gasteiger partial charge in [-0.1, -0.05) is 30.3 Å². The van der Waals surface area contributed by atoms with Crippen LogP contribution in [-0.2, 0) is 17.6 Å². The number of nitrogens with zero attached hydrogens (tertiary/aromatic N) is 2. The molecule has 3 nitrogen and oxygen atoms in total.